The molecule has 0 saturated heterocycles. The molecule has 1 heteroatoms. The first-order chi connectivity index (χ1) is 7.12. The Bertz CT molecular complexity index is 331. The zero-order valence-electron chi connectivity index (χ0n) is 9.81. The Morgan fingerprint density at radius 2 is 2.20 bits per heavy atom. The summed E-state index contributed by atoms with van der Waals surface area (Å²) in [5, 5.41) is 0. The third-order valence-corrected chi connectivity index (χ3v) is 3.87. The Morgan fingerprint density at radius 3 is 2.93 bits per heavy atom. The van der Waals surface area contributed by atoms with Crippen molar-refractivity contribution in [3.63, 3.8) is 0 Å². The average molecular weight is 204 g/mol. The summed E-state index contributed by atoms with van der Waals surface area (Å²) in [7, 11) is 0. The van der Waals surface area contributed by atoms with Crippen LogP contribution in [0.25, 0.3) is 0 Å². The number of hydrogen-bond acceptors (Lipinski definition) is 1. The van der Waals surface area contributed by atoms with Crippen LogP contribution in [0.5, 0.6) is 0 Å². The minimum atomic E-state index is 0.347. The second-order valence-corrected chi connectivity index (χ2v) is 5.26. The molecular weight excluding hydrogens is 184 g/mol. The van der Waals surface area contributed by atoms with E-state index in [9.17, 15) is 4.79 Å². The summed E-state index contributed by atoms with van der Waals surface area (Å²) in [4.78, 5) is 11.4. The fraction of sp³-hybridized carbons (Fsp3) is 0.643. The van der Waals surface area contributed by atoms with Crippen molar-refractivity contribution in [2.24, 2.45) is 5.41 Å². The molecule has 2 aliphatic carbocycles. The smallest absolute Gasteiger partial charge is 0.155 e. The highest BCUT2D eigenvalue weighted by Gasteiger charge is 2.39. The molecule has 2 aliphatic rings. The zero-order valence-corrected chi connectivity index (χ0v) is 9.81. The number of hydrogen-bond donors (Lipinski definition) is 0. The lowest BCUT2D eigenvalue weighted by molar-refractivity contribution is -0.115. The van der Waals surface area contributed by atoms with Crippen LogP contribution in [-0.4, -0.2) is 5.78 Å². The van der Waals surface area contributed by atoms with Crippen LogP contribution < -0.4 is 0 Å². The van der Waals surface area contributed by atoms with Crippen LogP contribution in [0.3, 0.4) is 0 Å². The van der Waals surface area contributed by atoms with Crippen LogP contribution in [0.4, 0.5) is 0 Å². The van der Waals surface area contributed by atoms with Crippen LogP contribution in [0.15, 0.2) is 23.3 Å². The van der Waals surface area contributed by atoms with Crippen LogP contribution in [0, 0.1) is 5.41 Å². The highest BCUT2D eigenvalue weighted by atomic mass is 16.1. The summed E-state index contributed by atoms with van der Waals surface area (Å²) in [6.07, 6.45) is 11.0. The molecule has 1 unspecified atom stereocenters. The summed E-state index contributed by atoms with van der Waals surface area (Å²) in [6.45, 7) is 4.31. The molecule has 2 rings (SSSR count). The predicted octanol–water partition coefficient (Wildman–Crippen LogP) is 3.80. The fourth-order valence-corrected chi connectivity index (χ4v) is 2.92. The van der Waals surface area contributed by atoms with Crippen molar-refractivity contribution in [3.8, 4) is 0 Å². The first-order valence-corrected chi connectivity index (χ1v) is 6.00. The van der Waals surface area contributed by atoms with Crippen molar-refractivity contribution in [1.82, 2.24) is 0 Å². The molecule has 0 aromatic carbocycles. The van der Waals surface area contributed by atoms with Gasteiger partial charge in [-0.25, -0.2) is 0 Å². The molecule has 1 saturated carbocycles. The number of allylic oxidation sites excluding steroid dienone is 4. The third-order valence-electron chi connectivity index (χ3n) is 3.87. The average Bonchev–Trinajstić information content (AvgIpc) is 2.58. The number of rotatable bonds is 2. The lowest BCUT2D eigenvalue weighted by Gasteiger charge is -2.32. The topological polar surface area (TPSA) is 17.1 Å². The number of carbonyl (C=O) groups excluding carboxylic acids is 1. The molecule has 0 spiro atoms. The quantitative estimate of drug-likeness (QED) is 0.625. The zero-order chi connectivity index (χ0) is 10.9. The number of fused-ring (bicyclic) bond motifs is 1. The predicted molar refractivity (Wildman–Crippen MR) is 62.7 cm³/mol. The Balaban J connectivity index is 2.22. The van der Waals surface area contributed by atoms with Gasteiger partial charge in [0.25, 0.3) is 0 Å². The van der Waals surface area contributed by atoms with Crippen molar-refractivity contribution < 1.29 is 4.79 Å². The minimum Gasteiger partial charge on any atom is -0.295 e. The van der Waals surface area contributed by atoms with Crippen molar-refractivity contribution in [3.05, 3.63) is 23.3 Å². The van der Waals surface area contributed by atoms with Gasteiger partial charge in [-0.1, -0.05) is 17.2 Å². The van der Waals surface area contributed by atoms with E-state index in [2.05, 4.69) is 19.9 Å². The molecule has 82 valence electrons. The van der Waals surface area contributed by atoms with E-state index in [1.807, 2.05) is 6.08 Å². The SMILES string of the molecule is CC(C)=CCC12CCCC1=CC(=O)CC2. The van der Waals surface area contributed by atoms with Gasteiger partial charge in [-0.15, -0.1) is 0 Å². The van der Waals surface area contributed by atoms with Gasteiger partial charge in [-0.3, -0.25) is 4.79 Å². The Kier molecular flexibility index (Phi) is 2.81. The lowest BCUT2D eigenvalue weighted by atomic mass is 9.71. The van der Waals surface area contributed by atoms with E-state index in [0.717, 1.165) is 25.7 Å². The number of ketones is 1. The van der Waals surface area contributed by atoms with Gasteiger partial charge in [0.1, 0.15) is 0 Å². The van der Waals surface area contributed by atoms with E-state index in [-0.39, 0.29) is 0 Å². The van der Waals surface area contributed by atoms with Gasteiger partial charge in [0.15, 0.2) is 5.78 Å². The summed E-state index contributed by atoms with van der Waals surface area (Å²) < 4.78 is 0. The van der Waals surface area contributed by atoms with E-state index in [4.69, 9.17) is 0 Å². The molecule has 0 bridgehead atoms. The standard InChI is InChI=1S/C14H20O/c1-11(2)5-8-14-7-3-4-12(14)10-13(15)6-9-14/h5,10H,3-4,6-9H2,1-2H3. The Morgan fingerprint density at radius 1 is 1.40 bits per heavy atom. The molecule has 1 fully saturated rings. The van der Waals surface area contributed by atoms with Crippen molar-refractivity contribution in [1.29, 1.82) is 0 Å². The van der Waals surface area contributed by atoms with Gasteiger partial charge in [0.2, 0.25) is 0 Å². The van der Waals surface area contributed by atoms with Crippen LogP contribution in [-0.2, 0) is 4.79 Å². The summed E-state index contributed by atoms with van der Waals surface area (Å²) in [6, 6.07) is 0. The molecule has 15 heavy (non-hydrogen) atoms. The molecule has 0 heterocycles. The minimum absolute atomic E-state index is 0.347. The molecular formula is C14H20O. The summed E-state index contributed by atoms with van der Waals surface area (Å²) in [5.74, 6) is 0.347. The van der Waals surface area contributed by atoms with E-state index < -0.39 is 0 Å². The van der Waals surface area contributed by atoms with Crippen LogP contribution >= 0.6 is 0 Å². The van der Waals surface area contributed by atoms with Crippen LogP contribution in [0.2, 0.25) is 0 Å². The van der Waals surface area contributed by atoms with E-state index >= 15 is 0 Å². The van der Waals surface area contributed by atoms with Gasteiger partial charge in [-0.2, -0.15) is 0 Å². The number of carbonyl (C=O) groups is 1. The second-order valence-electron chi connectivity index (χ2n) is 5.26. The summed E-state index contributed by atoms with van der Waals surface area (Å²) in [5.41, 5.74) is 3.20. The van der Waals surface area contributed by atoms with Gasteiger partial charge >= 0.3 is 0 Å². The largest absolute Gasteiger partial charge is 0.295 e. The van der Waals surface area contributed by atoms with E-state index in [0.29, 0.717) is 11.2 Å². The highest BCUT2D eigenvalue weighted by molar-refractivity contribution is 5.91. The van der Waals surface area contributed by atoms with E-state index in [1.54, 1.807) is 0 Å². The first-order valence-electron chi connectivity index (χ1n) is 6.00. The molecule has 0 aromatic rings. The van der Waals surface area contributed by atoms with Gasteiger partial charge in [-0.05, 0) is 57.4 Å². The molecule has 0 radical (unpaired) electrons. The van der Waals surface area contributed by atoms with Gasteiger partial charge in [0, 0.05) is 6.42 Å². The van der Waals surface area contributed by atoms with Crippen molar-refractivity contribution in [2.75, 3.05) is 0 Å². The molecule has 1 nitrogen and oxygen atoms in total. The molecule has 0 aliphatic heterocycles. The molecule has 0 N–H and O–H groups in total. The maximum absolute atomic E-state index is 11.4. The van der Waals surface area contributed by atoms with Gasteiger partial charge < -0.3 is 0 Å². The lowest BCUT2D eigenvalue weighted by Crippen LogP contribution is -2.24. The third kappa shape index (κ3) is 2.06. The first kappa shape index (κ1) is 10.7. The van der Waals surface area contributed by atoms with E-state index in [1.165, 1.54) is 24.0 Å². The van der Waals surface area contributed by atoms with Gasteiger partial charge in [0.05, 0.1) is 0 Å². The molecule has 1 atom stereocenters. The summed E-state index contributed by atoms with van der Waals surface area (Å²) >= 11 is 0. The molecule has 0 amide bonds. The fourth-order valence-electron chi connectivity index (χ4n) is 2.92. The monoisotopic (exact) mass is 204 g/mol. The molecule has 0 aromatic heterocycles. The second kappa shape index (κ2) is 3.96. The van der Waals surface area contributed by atoms with Crippen molar-refractivity contribution in [2.45, 2.75) is 52.4 Å². The maximum atomic E-state index is 11.4. The van der Waals surface area contributed by atoms with Crippen molar-refractivity contribution >= 4 is 5.78 Å². The Hall–Kier alpha value is -0.850. The normalized spacial score (nSPS) is 29.7. The highest BCUT2D eigenvalue weighted by Crippen LogP contribution is 2.51. The Labute approximate surface area is 92.3 Å². The maximum Gasteiger partial charge on any atom is 0.155 e. The van der Waals surface area contributed by atoms with Crippen LogP contribution in [0.1, 0.15) is 52.4 Å².